The van der Waals surface area contributed by atoms with Gasteiger partial charge in [-0.05, 0) is 18.2 Å². The Bertz CT molecular complexity index is 484. The van der Waals surface area contributed by atoms with Crippen LogP contribution in [-0.2, 0) is 9.59 Å². The van der Waals surface area contributed by atoms with E-state index in [0.717, 1.165) is 0 Å². The Balaban J connectivity index is 2.91. The fraction of sp³-hybridized carbons (Fsp3) is 0.0909. The molecule has 0 aliphatic heterocycles. The van der Waals surface area contributed by atoms with Gasteiger partial charge >= 0.3 is 5.97 Å². The van der Waals surface area contributed by atoms with Crippen LogP contribution in [0, 0.1) is 0 Å². The molecule has 5 nitrogen and oxygen atoms in total. The number of carboxylic acid groups (broad SMARTS) is 1. The number of halogens is 1. The van der Waals surface area contributed by atoms with Crippen molar-refractivity contribution in [1.29, 1.82) is 0 Å². The van der Waals surface area contributed by atoms with Gasteiger partial charge in [0.1, 0.15) is 0 Å². The van der Waals surface area contributed by atoms with E-state index in [0.29, 0.717) is 16.8 Å². The van der Waals surface area contributed by atoms with Gasteiger partial charge in [-0.2, -0.15) is 0 Å². The molecule has 0 heterocycles. The number of amides is 1. The second-order valence-corrected chi connectivity index (χ2v) is 3.65. The molecule has 0 radical (unpaired) electrons. The van der Waals surface area contributed by atoms with Crippen molar-refractivity contribution in [3.8, 4) is 0 Å². The number of rotatable bonds is 3. The van der Waals surface area contributed by atoms with Crippen molar-refractivity contribution in [2.45, 2.75) is 0 Å². The Morgan fingerprint density at radius 1 is 1.35 bits per heavy atom. The quantitative estimate of drug-likeness (QED) is 0.638. The highest BCUT2D eigenvalue weighted by Crippen LogP contribution is 2.18. The van der Waals surface area contributed by atoms with Crippen LogP contribution in [0.4, 0.5) is 5.69 Å². The molecule has 1 aromatic rings. The maximum absolute atomic E-state index is 11.6. The molecule has 0 aliphatic rings. The number of carbonyl (C=O) groups excluding carboxylic acids is 1. The lowest BCUT2D eigenvalue weighted by Gasteiger charge is -2.15. The van der Waals surface area contributed by atoms with Crippen molar-refractivity contribution in [1.82, 2.24) is 0 Å². The van der Waals surface area contributed by atoms with Gasteiger partial charge in [0, 0.05) is 17.8 Å². The first kappa shape index (κ1) is 13.1. The normalized spacial score (nSPS) is 11.1. The number of benzene rings is 1. The van der Waals surface area contributed by atoms with E-state index in [-0.39, 0.29) is 0 Å². The highest BCUT2D eigenvalue weighted by Gasteiger charge is 2.12. The van der Waals surface area contributed by atoms with Crippen molar-refractivity contribution >= 4 is 29.2 Å². The summed E-state index contributed by atoms with van der Waals surface area (Å²) in [5, 5.41) is 17.8. The maximum atomic E-state index is 11.6. The molecule has 6 heteroatoms. The summed E-state index contributed by atoms with van der Waals surface area (Å²) < 4.78 is 0. The summed E-state index contributed by atoms with van der Waals surface area (Å²) in [5.41, 5.74) is 0.497. The van der Waals surface area contributed by atoms with Crippen molar-refractivity contribution in [3.05, 3.63) is 41.1 Å². The topological polar surface area (TPSA) is 77.8 Å². The monoisotopic (exact) mass is 255 g/mol. The van der Waals surface area contributed by atoms with E-state index in [1.54, 1.807) is 24.3 Å². The Morgan fingerprint density at radius 3 is 2.53 bits per heavy atom. The maximum Gasteiger partial charge on any atom is 0.371 e. The molecule has 0 spiro atoms. The molecule has 0 aromatic heterocycles. The lowest BCUT2D eigenvalue weighted by Crippen LogP contribution is -2.25. The van der Waals surface area contributed by atoms with Crippen LogP contribution in [0.3, 0.4) is 0 Å². The smallest absolute Gasteiger partial charge is 0.371 e. The van der Waals surface area contributed by atoms with Crippen LogP contribution >= 0.6 is 11.6 Å². The van der Waals surface area contributed by atoms with Crippen LogP contribution in [0.2, 0.25) is 5.02 Å². The van der Waals surface area contributed by atoms with Crippen molar-refractivity contribution in [2.24, 2.45) is 0 Å². The van der Waals surface area contributed by atoms with Crippen molar-refractivity contribution < 1.29 is 19.8 Å². The van der Waals surface area contributed by atoms with Gasteiger partial charge in [-0.25, -0.2) is 4.79 Å². The molecule has 0 saturated carbocycles. The number of aliphatic hydroxyl groups is 1. The van der Waals surface area contributed by atoms with Gasteiger partial charge in [-0.15, -0.1) is 0 Å². The van der Waals surface area contributed by atoms with E-state index in [9.17, 15) is 9.59 Å². The molecule has 0 bridgehead atoms. The SMILES string of the molecule is CN(C(=O)/C=C(\O)C(=O)O)c1cccc(Cl)c1. The van der Waals surface area contributed by atoms with Crippen LogP contribution in [0.5, 0.6) is 0 Å². The first-order valence-corrected chi connectivity index (χ1v) is 4.97. The van der Waals surface area contributed by atoms with E-state index in [2.05, 4.69) is 0 Å². The third-order valence-electron chi connectivity index (χ3n) is 2.01. The summed E-state index contributed by atoms with van der Waals surface area (Å²) in [4.78, 5) is 23.1. The third-order valence-corrected chi connectivity index (χ3v) is 2.24. The first-order chi connectivity index (χ1) is 7.91. The standard InChI is InChI=1S/C11H10ClNO4/c1-13(8-4-2-3-7(12)5-8)10(15)6-9(14)11(16)17/h2-6,14H,1H3,(H,16,17)/b9-6-. The molecule has 0 fully saturated rings. The molecular weight excluding hydrogens is 246 g/mol. The first-order valence-electron chi connectivity index (χ1n) is 4.59. The number of likely N-dealkylation sites (N-methyl/N-ethyl adjacent to an activating group) is 1. The highest BCUT2D eigenvalue weighted by atomic mass is 35.5. The van der Waals surface area contributed by atoms with Crippen LogP contribution in [0.15, 0.2) is 36.1 Å². The molecule has 17 heavy (non-hydrogen) atoms. The Morgan fingerprint density at radius 2 is 2.00 bits per heavy atom. The molecule has 2 N–H and O–H groups in total. The minimum atomic E-state index is -1.56. The Labute approximate surface area is 103 Å². The van der Waals surface area contributed by atoms with E-state index in [1.807, 2.05) is 0 Å². The van der Waals surface area contributed by atoms with E-state index in [4.69, 9.17) is 21.8 Å². The van der Waals surface area contributed by atoms with Crippen LogP contribution in [0.1, 0.15) is 0 Å². The lowest BCUT2D eigenvalue weighted by molar-refractivity contribution is -0.135. The number of nitrogens with zero attached hydrogens (tertiary/aromatic N) is 1. The van der Waals surface area contributed by atoms with Crippen molar-refractivity contribution in [2.75, 3.05) is 11.9 Å². The number of carbonyl (C=O) groups is 2. The summed E-state index contributed by atoms with van der Waals surface area (Å²) in [6.07, 6.45) is 0.628. The predicted molar refractivity (Wildman–Crippen MR) is 63.2 cm³/mol. The van der Waals surface area contributed by atoms with Crippen molar-refractivity contribution in [3.63, 3.8) is 0 Å². The molecule has 0 saturated heterocycles. The van der Waals surface area contributed by atoms with Gasteiger partial charge in [0.2, 0.25) is 5.76 Å². The highest BCUT2D eigenvalue weighted by molar-refractivity contribution is 6.31. The third kappa shape index (κ3) is 3.49. The number of aliphatic carboxylic acids is 1. The molecule has 0 aliphatic carbocycles. The fourth-order valence-electron chi connectivity index (χ4n) is 1.09. The van der Waals surface area contributed by atoms with E-state index in [1.165, 1.54) is 11.9 Å². The van der Waals surface area contributed by atoms with Crippen LogP contribution < -0.4 is 4.90 Å². The molecular formula is C11H10ClNO4. The zero-order valence-electron chi connectivity index (χ0n) is 8.92. The number of hydrogen-bond acceptors (Lipinski definition) is 3. The minimum Gasteiger partial charge on any atom is -0.502 e. The zero-order valence-corrected chi connectivity index (χ0v) is 9.68. The average molecular weight is 256 g/mol. The number of anilines is 1. The van der Waals surface area contributed by atoms with Gasteiger partial charge in [0.05, 0.1) is 6.08 Å². The van der Waals surface area contributed by atoms with Crippen LogP contribution in [-0.4, -0.2) is 29.1 Å². The van der Waals surface area contributed by atoms with Gasteiger partial charge in [-0.1, -0.05) is 17.7 Å². The van der Waals surface area contributed by atoms with E-state index < -0.39 is 17.6 Å². The average Bonchev–Trinajstić information content (AvgIpc) is 2.27. The molecule has 90 valence electrons. The lowest BCUT2D eigenvalue weighted by atomic mass is 10.3. The second kappa shape index (κ2) is 5.36. The predicted octanol–water partition coefficient (Wildman–Crippen LogP) is 1.83. The number of aliphatic hydroxyl groups excluding tert-OH is 1. The summed E-state index contributed by atoms with van der Waals surface area (Å²) in [5.74, 6) is -3.23. The number of carboxylic acids is 1. The number of hydrogen-bond donors (Lipinski definition) is 2. The molecule has 0 atom stereocenters. The fourth-order valence-corrected chi connectivity index (χ4v) is 1.27. The van der Waals surface area contributed by atoms with Gasteiger partial charge in [-0.3, -0.25) is 4.79 Å². The van der Waals surface area contributed by atoms with Gasteiger partial charge in [0.25, 0.3) is 5.91 Å². The van der Waals surface area contributed by atoms with Gasteiger partial charge < -0.3 is 15.1 Å². The van der Waals surface area contributed by atoms with E-state index >= 15 is 0 Å². The second-order valence-electron chi connectivity index (χ2n) is 3.21. The Kier molecular flexibility index (Phi) is 4.12. The molecule has 1 rings (SSSR count). The summed E-state index contributed by atoms with van der Waals surface area (Å²) >= 11 is 5.75. The summed E-state index contributed by atoms with van der Waals surface area (Å²) in [6, 6.07) is 6.48. The zero-order chi connectivity index (χ0) is 13.0. The minimum absolute atomic E-state index is 0.452. The summed E-state index contributed by atoms with van der Waals surface area (Å²) in [6.45, 7) is 0. The Hall–Kier alpha value is -2.01. The molecule has 1 aromatic carbocycles. The van der Waals surface area contributed by atoms with Crippen LogP contribution in [0.25, 0.3) is 0 Å². The van der Waals surface area contributed by atoms with Gasteiger partial charge in [0.15, 0.2) is 0 Å². The molecule has 1 amide bonds. The largest absolute Gasteiger partial charge is 0.502 e. The summed E-state index contributed by atoms with van der Waals surface area (Å²) in [7, 11) is 1.44. The molecule has 0 unspecified atom stereocenters.